The normalized spacial score (nSPS) is 15.8. The van der Waals surface area contributed by atoms with Crippen molar-refractivity contribution in [3.05, 3.63) is 101 Å². The first-order valence-electron chi connectivity index (χ1n) is 17.7. The zero-order valence-electron chi connectivity index (χ0n) is 30.5. The average Bonchev–Trinajstić information content (AvgIpc) is 3.12. The van der Waals surface area contributed by atoms with E-state index < -0.39 is 45.7 Å². The summed E-state index contributed by atoms with van der Waals surface area (Å²) in [7, 11) is -3.90. The second-order valence-corrected chi connectivity index (χ2v) is 15.1. The van der Waals surface area contributed by atoms with Crippen LogP contribution in [0.1, 0.15) is 79.3 Å². The van der Waals surface area contributed by atoms with Crippen LogP contribution in [-0.2, 0) is 31.8 Å². The Labute approximate surface area is 306 Å². The summed E-state index contributed by atoms with van der Waals surface area (Å²) in [6.45, 7) is 10.1. The van der Waals surface area contributed by atoms with Gasteiger partial charge in [0.05, 0.1) is 17.3 Å². The Hall–Kier alpha value is -4.79. The summed E-state index contributed by atoms with van der Waals surface area (Å²) in [4.78, 5) is 53.2. The average molecular weight is 734 g/mol. The maximum Gasteiger partial charge on any atom is 0.301 e. The number of hydrogen-bond donors (Lipinski definition) is 6. The molecule has 1 aliphatic heterocycles. The number of anilines is 1. The molecule has 0 unspecified atom stereocenters. The molecule has 0 saturated carbocycles. The number of benzene rings is 3. The van der Waals surface area contributed by atoms with Crippen LogP contribution in [0.15, 0.2) is 78.9 Å². The molecular weight excluding hydrogens is 683 g/mol. The lowest BCUT2D eigenvalue weighted by molar-refractivity contribution is -0.129. The molecular formula is C38H51N7O6S. The molecule has 6 N–H and O–H groups in total. The van der Waals surface area contributed by atoms with E-state index in [0.29, 0.717) is 25.8 Å². The number of carbonyl (C=O) groups excluding carboxylic acids is 4. The zero-order valence-corrected chi connectivity index (χ0v) is 31.3. The van der Waals surface area contributed by atoms with E-state index in [-0.39, 0.29) is 48.3 Å². The van der Waals surface area contributed by atoms with Gasteiger partial charge in [0, 0.05) is 43.3 Å². The van der Waals surface area contributed by atoms with Gasteiger partial charge < -0.3 is 26.6 Å². The van der Waals surface area contributed by atoms with Gasteiger partial charge in [-0.1, -0.05) is 67.6 Å². The van der Waals surface area contributed by atoms with Gasteiger partial charge in [-0.2, -0.15) is 13.1 Å². The summed E-state index contributed by atoms with van der Waals surface area (Å²) >= 11 is 0. The quantitative estimate of drug-likeness (QED) is 0.131. The molecule has 52 heavy (non-hydrogen) atoms. The highest BCUT2D eigenvalue weighted by molar-refractivity contribution is 7.90. The second kappa shape index (κ2) is 18.1. The molecule has 0 spiro atoms. The Morgan fingerprint density at radius 1 is 0.865 bits per heavy atom. The number of amides is 4. The number of hydrogen-bond acceptors (Lipinski definition) is 7. The molecule has 280 valence electrons. The van der Waals surface area contributed by atoms with E-state index >= 15 is 0 Å². The van der Waals surface area contributed by atoms with Crippen LogP contribution in [0.4, 0.5) is 5.69 Å². The lowest BCUT2D eigenvalue weighted by Gasteiger charge is -2.30. The van der Waals surface area contributed by atoms with Crippen LogP contribution in [0.2, 0.25) is 0 Å². The van der Waals surface area contributed by atoms with Crippen LogP contribution >= 0.6 is 0 Å². The number of nitrogens with one attached hydrogen (secondary N) is 6. The molecule has 1 aliphatic rings. The van der Waals surface area contributed by atoms with Gasteiger partial charge in [0.15, 0.2) is 0 Å². The van der Waals surface area contributed by atoms with Crippen molar-refractivity contribution >= 4 is 39.5 Å². The van der Waals surface area contributed by atoms with E-state index in [2.05, 4.69) is 31.3 Å². The van der Waals surface area contributed by atoms with Gasteiger partial charge in [-0.15, -0.1) is 0 Å². The van der Waals surface area contributed by atoms with Crippen LogP contribution in [0.25, 0.3) is 0 Å². The van der Waals surface area contributed by atoms with Gasteiger partial charge in [0.25, 0.3) is 11.8 Å². The SMILES string of the molecule is CCNC(=O)[C@H](CC)NC(=O)[C@H](C)NC[C@H](Cc1ccccc1)NC(=O)c1cc(C(=O)NC(C)(C)c2ccccc2)cc(N2CCCNS2(=O)=O)c1. The molecule has 0 radical (unpaired) electrons. The van der Waals surface area contributed by atoms with Crippen molar-refractivity contribution in [3.8, 4) is 0 Å². The molecule has 0 aromatic heterocycles. The van der Waals surface area contributed by atoms with Crippen molar-refractivity contribution in [1.29, 1.82) is 0 Å². The van der Waals surface area contributed by atoms with E-state index in [9.17, 15) is 27.6 Å². The predicted octanol–water partition coefficient (Wildman–Crippen LogP) is 2.75. The summed E-state index contributed by atoms with van der Waals surface area (Å²) < 4.78 is 29.8. The first-order valence-corrected chi connectivity index (χ1v) is 19.1. The van der Waals surface area contributed by atoms with Crippen LogP contribution < -0.4 is 35.6 Å². The molecule has 3 atom stereocenters. The standard InChI is InChI=1S/C38H51N7O6S/c1-6-33(37(49)39-7-2)43-34(46)26(3)40-25-31(21-27-15-10-8-11-16-27)42-35(47)28-22-29(24-32(23-28)45-20-14-19-41-52(45,50)51)36(48)44-38(4,5)30-17-12-9-13-18-30/h8-13,15-18,22-24,26,31,33,40-41H,6-7,14,19-21,25H2,1-5H3,(H,39,49)(H,42,47)(H,43,46)(H,44,48)/t26-,31-,33-/m0/s1. The predicted molar refractivity (Wildman–Crippen MR) is 202 cm³/mol. The van der Waals surface area contributed by atoms with Crippen molar-refractivity contribution in [3.63, 3.8) is 0 Å². The maximum atomic E-state index is 14.0. The highest BCUT2D eigenvalue weighted by Gasteiger charge is 2.30. The summed E-state index contributed by atoms with van der Waals surface area (Å²) in [5, 5.41) is 14.8. The molecule has 4 rings (SSSR count). The van der Waals surface area contributed by atoms with Gasteiger partial charge >= 0.3 is 10.2 Å². The first-order chi connectivity index (χ1) is 24.7. The Morgan fingerprint density at radius 2 is 1.50 bits per heavy atom. The van der Waals surface area contributed by atoms with Gasteiger partial charge in [0.2, 0.25) is 11.8 Å². The van der Waals surface area contributed by atoms with E-state index in [0.717, 1.165) is 11.1 Å². The Balaban J connectivity index is 1.60. The molecule has 0 aliphatic carbocycles. The highest BCUT2D eigenvalue weighted by atomic mass is 32.2. The lowest BCUT2D eigenvalue weighted by Crippen LogP contribution is -2.53. The summed E-state index contributed by atoms with van der Waals surface area (Å²) in [6.07, 6.45) is 1.37. The smallest absolute Gasteiger partial charge is 0.301 e. The van der Waals surface area contributed by atoms with E-state index in [1.807, 2.05) is 88.4 Å². The minimum absolute atomic E-state index is 0.0949. The Bertz CT molecular complexity index is 1800. The van der Waals surface area contributed by atoms with Crippen LogP contribution in [-0.4, -0.2) is 76.4 Å². The summed E-state index contributed by atoms with van der Waals surface area (Å²) in [5.41, 5.74) is 1.43. The fraction of sp³-hybridized carbons (Fsp3) is 0.421. The van der Waals surface area contributed by atoms with Crippen molar-refractivity contribution in [2.75, 3.05) is 30.5 Å². The van der Waals surface area contributed by atoms with Gasteiger partial charge in [-0.05, 0) is 76.3 Å². The third kappa shape index (κ3) is 10.9. The molecule has 4 amide bonds. The van der Waals surface area contributed by atoms with E-state index in [1.165, 1.54) is 22.5 Å². The number of rotatable bonds is 16. The van der Waals surface area contributed by atoms with Crippen molar-refractivity contribution in [2.24, 2.45) is 0 Å². The molecule has 0 bridgehead atoms. The van der Waals surface area contributed by atoms with Gasteiger partial charge in [0.1, 0.15) is 6.04 Å². The molecule has 3 aromatic carbocycles. The van der Waals surface area contributed by atoms with Crippen LogP contribution in [0.3, 0.4) is 0 Å². The van der Waals surface area contributed by atoms with Crippen molar-refractivity contribution in [2.45, 2.75) is 77.5 Å². The first kappa shape index (κ1) is 40.0. The van der Waals surface area contributed by atoms with Crippen LogP contribution in [0, 0.1) is 0 Å². The fourth-order valence-corrected chi connectivity index (χ4v) is 7.20. The zero-order chi connectivity index (χ0) is 37.9. The van der Waals surface area contributed by atoms with Gasteiger partial charge in [-0.3, -0.25) is 23.5 Å². The Morgan fingerprint density at radius 3 is 2.12 bits per heavy atom. The molecule has 1 heterocycles. The minimum atomic E-state index is -3.90. The molecule has 1 fully saturated rings. The molecule has 13 nitrogen and oxygen atoms in total. The highest BCUT2D eigenvalue weighted by Crippen LogP contribution is 2.26. The van der Waals surface area contributed by atoms with E-state index in [4.69, 9.17) is 0 Å². The van der Waals surface area contributed by atoms with Crippen molar-refractivity contribution in [1.82, 2.24) is 31.3 Å². The molecule has 1 saturated heterocycles. The second-order valence-electron chi connectivity index (χ2n) is 13.4. The number of likely N-dealkylation sites (N-methyl/N-ethyl adjacent to an activating group) is 1. The third-order valence-electron chi connectivity index (χ3n) is 8.88. The summed E-state index contributed by atoms with van der Waals surface area (Å²) in [5.74, 6) is -1.62. The number of nitrogens with zero attached hydrogens (tertiary/aromatic N) is 1. The van der Waals surface area contributed by atoms with Gasteiger partial charge in [-0.25, -0.2) is 0 Å². The Kier molecular flexibility index (Phi) is 13.9. The minimum Gasteiger partial charge on any atom is -0.355 e. The van der Waals surface area contributed by atoms with Crippen molar-refractivity contribution < 1.29 is 27.6 Å². The lowest BCUT2D eigenvalue weighted by atomic mass is 9.93. The monoisotopic (exact) mass is 733 g/mol. The summed E-state index contributed by atoms with van der Waals surface area (Å²) in [6, 6.07) is 21.5. The third-order valence-corrected chi connectivity index (χ3v) is 10.4. The fourth-order valence-electron chi connectivity index (χ4n) is 5.89. The molecule has 3 aromatic rings. The van der Waals surface area contributed by atoms with Crippen LogP contribution in [0.5, 0.6) is 0 Å². The maximum absolute atomic E-state index is 14.0. The molecule has 14 heteroatoms. The van der Waals surface area contributed by atoms with E-state index in [1.54, 1.807) is 6.92 Å². The largest absolute Gasteiger partial charge is 0.355 e. The topological polar surface area (TPSA) is 178 Å². The number of carbonyl (C=O) groups is 4.